The molecule has 4 heteroatoms. The third kappa shape index (κ3) is 3.97. The van der Waals surface area contributed by atoms with Crippen LogP contribution < -0.4 is 5.32 Å². The van der Waals surface area contributed by atoms with E-state index in [2.05, 4.69) is 5.32 Å². The molecule has 1 aromatic heterocycles. The molecular formula is C19H19NO2S. The summed E-state index contributed by atoms with van der Waals surface area (Å²) in [5, 5.41) is 19.0. The van der Waals surface area contributed by atoms with Gasteiger partial charge in [0.05, 0.1) is 12.5 Å². The maximum Gasteiger partial charge on any atom is 0.224 e. The van der Waals surface area contributed by atoms with Gasteiger partial charge in [-0.2, -0.15) is 11.3 Å². The molecule has 1 atom stereocenters. The van der Waals surface area contributed by atoms with Gasteiger partial charge in [-0.1, -0.05) is 42.5 Å². The molecule has 118 valence electrons. The lowest BCUT2D eigenvalue weighted by atomic mass is 10.0. The molecule has 0 aliphatic heterocycles. The molecule has 0 saturated carbocycles. The smallest absolute Gasteiger partial charge is 0.224 e. The van der Waals surface area contributed by atoms with Crippen molar-refractivity contribution in [1.82, 2.24) is 5.32 Å². The summed E-state index contributed by atoms with van der Waals surface area (Å²) in [6.07, 6.45) is 0.368. The fourth-order valence-electron chi connectivity index (χ4n) is 2.66. The number of aliphatic hydroxyl groups excluding tert-OH is 1. The van der Waals surface area contributed by atoms with E-state index in [1.165, 1.54) is 0 Å². The summed E-state index contributed by atoms with van der Waals surface area (Å²) in [5.41, 5.74) is 1.94. The Morgan fingerprint density at radius 3 is 2.78 bits per heavy atom. The highest BCUT2D eigenvalue weighted by atomic mass is 32.1. The van der Waals surface area contributed by atoms with Crippen LogP contribution in [0.3, 0.4) is 0 Å². The fraction of sp³-hybridized carbons (Fsp3) is 0.211. The Hall–Kier alpha value is -2.17. The van der Waals surface area contributed by atoms with Crippen LogP contribution in [0.5, 0.6) is 0 Å². The van der Waals surface area contributed by atoms with Crippen LogP contribution in [0.25, 0.3) is 10.8 Å². The van der Waals surface area contributed by atoms with Crippen LogP contribution in [0.2, 0.25) is 0 Å². The van der Waals surface area contributed by atoms with E-state index in [0.717, 1.165) is 21.9 Å². The molecule has 3 nitrogen and oxygen atoms in total. The van der Waals surface area contributed by atoms with Gasteiger partial charge >= 0.3 is 0 Å². The second kappa shape index (κ2) is 7.40. The first-order chi connectivity index (χ1) is 11.2. The predicted octanol–water partition coefficient (Wildman–Crippen LogP) is 3.68. The van der Waals surface area contributed by atoms with Gasteiger partial charge in [0.1, 0.15) is 0 Å². The van der Waals surface area contributed by atoms with Crippen molar-refractivity contribution < 1.29 is 9.90 Å². The average Bonchev–Trinajstić information content (AvgIpc) is 3.10. The quantitative estimate of drug-likeness (QED) is 0.726. The molecule has 2 N–H and O–H groups in total. The van der Waals surface area contributed by atoms with Crippen LogP contribution in [0.1, 0.15) is 23.7 Å². The summed E-state index contributed by atoms with van der Waals surface area (Å²) < 4.78 is 0. The van der Waals surface area contributed by atoms with Crippen LogP contribution >= 0.6 is 11.3 Å². The van der Waals surface area contributed by atoms with E-state index in [9.17, 15) is 9.90 Å². The van der Waals surface area contributed by atoms with Crippen LogP contribution in [0, 0.1) is 0 Å². The number of carbonyl (C=O) groups excluding carboxylic acids is 1. The molecule has 0 aliphatic rings. The van der Waals surface area contributed by atoms with E-state index in [0.29, 0.717) is 19.4 Å². The summed E-state index contributed by atoms with van der Waals surface area (Å²) in [6, 6.07) is 16.0. The Labute approximate surface area is 139 Å². The number of fused-ring (bicyclic) bond motifs is 1. The lowest BCUT2D eigenvalue weighted by molar-refractivity contribution is -0.120. The molecule has 1 heterocycles. The molecule has 0 spiro atoms. The monoisotopic (exact) mass is 325 g/mol. The molecule has 0 bridgehead atoms. The topological polar surface area (TPSA) is 49.3 Å². The Morgan fingerprint density at radius 2 is 1.96 bits per heavy atom. The van der Waals surface area contributed by atoms with Crippen LogP contribution in [0.15, 0.2) is 59.3 Å². The van der Waals surface area contributed by atoms with Crippen molar-refractivity contribution in [3.8, 4) is 0 Å². The molecule has 0 saturated heterocycles. The zero-order valence-electron chi connectivity index (χ0n) is 12.7. The minimum atomic E-state index is -0.515. The number of hydrogen-bond donors (Lipinski definition) is 2. The molecule has 23 heavy (non-hydrogen) atoms. The lowest BCUT2D eigenvalue weighted by Crippen LogP contribution is -2.27. The molecule has 3 rings (SSSR count). The Bertz CT molecular complexity index is 778. The summed E-state index contributed by atoms with van der Waals surface area (Å²) in [5.74, 6) is -0.0149. The standard InChI is InChI=1S/C19H19NO2S/c21-18(16-9-11-23-13-16)8-10-20-19(22)12-15-6-3-5-14-4-1-2-7-17(14)15/h1-7,9,11,13,18,21H,8,10,12H2,(H,20,22). The molecule has 0 radical (unpaired) electrons. The van der Waals surface area contributed by atoms with Gasteiger partial charge in [-0.3, -0.25) is 4.79 Å². The largest absolute Gasteiger partial charge is 0.388 e. The highest BCUT2D eigenvalue weighted by Gasteiger charge is 2.10. The van der Waals surface area contributed by atoms with Gasteiger partial charge in [0.2, 0.25) is 5.91 Å². The molecule has 1 unspecified atom stereocenters. The van der Waals surface area contributed by atoms with Crippen molar-refractivity contribution in [3.63, 3.8) is 0 Å². The number of aliphatic hydroxyl groups is 1. The van der Waals surface area contributed by atoms with E-state index in [1.807, 2.05) is 59.3 Å². The van der Waals surface area contributed by atoms with Gasteiger partial charge in [-0.15, -0.1) is 0 Å². The minimum Gasteiger partial charge on any atom is -0.388 e. The normalized spacial score (nSPS) is 12.2. The summed E-state index contributed by atoms with van der Waals surface area (Å²) in [7, 11) is 0. The van der Waals surface area contributed by atoms with Crippen molar-refractivity contribution >= 4 is 28.0 Å². The predicted molar refractivity (Wildman–Crippen MR) is 94.6 cm³/mol. The molecule has 2 aromatic carbocycles. The van der Waals surface area contributed by atoms with Crippen molar-refractivity contribution in [2.24, 2.45) is 0 Å². The summed E-state index contributed by atoms with van der Waals surface area (Å²) in [6.45, 7) is 0.473. The number of hydrogen-bond acceptors (Lipinski definition) is 3. The van der Waals surface area contributed by atoms with Gasteiger partial charge in [0.25, 0.3) is 0 Å². The van der Waals surface area contributed by atoms with E-state index in [1.54, 1.807) is 11.3 Å². The third-order valence-corrected chi connectivity index (χ3v) is 4.60. The summed E-state index contributed by atoms with van der Waals surface area (Å²) in [4.78, 5) is 12.1. The number of nitrogens with one attached hydrogen (secondary N) is 1. The summed E-state index contributed by atoms with van der Waals surface area (Å²) >= 11 is 1.56. The van der Waals surface area contributed by atoms with Crippen LogP contribution in [-0.4, -0.2) is 17.6 Å². The van der Waals surface area contributed by atoms with Crippen molar-refractivity contribution in [2.45, 2.75) is 18.9 Å². The van der Waals surface area contributed by atoms with Crippen molar-refractivity contribution in [3.05, 3.63) is 70.4 Å². The minimum absolute atomic E-state index is 0.0149. The maximum atomic E-state index is 12.1. The number of rotatable bonds is 6. The van der Waals surface area contributed by atoms with Crippen molar-refractivity contribution in [1.29, 1.82) is 0 Å². The first-order valence-corrected chi connectivity index (χ1v) is 8.62. The van der Waals surface area contributed by atoms with Gasteiger partial charge < -0.3 is 10.4 Å². The zero-order valence-corrected chi connectivity index (χ0v) is 13.6. The molecule has 0 aliphatic carbocycles. The van der Waals surface area contributed by atoms with Crippen LogP contribution in [0.4, 0.5) is 0 Å². The Morgan fingerprint density at radius 1 is 1.13 bits per heavy atom. The van der Waals surface area contributed by atoms with Crippen LogP contribution in [-0.2, 0) is 11.2 Å². The maximum absolute atomic E-state index is 12.1. The van der Waals surface area contributed by atoms with Gasteiger partial charge in [-0.05, 0) is 45.1 Å². The molecule has 0 fully saturated rings. The van der Waals surface area contributed by atoms with E-state index in [4.69, 9.17) is 0 Å². The fourth-order valence-corrected chi connectivity index (χ4v) is 3.37. The Balaban J connectivity index is 1.55. The second-order valence-electron chi connectivity index (χ2n) is 5.53. The van der Waals surface area contributed by atoms with E-state index >= 15 is 0 Å². The average molecular weight is 325 g/mol. The zero-order chi connectivity index (χ0) is 16.1. The highest BCUT2D eigenvalue weighted by Crippen LogP contribution is 2.20. The lowest BCUT2D eigenvalue weighted by Gasteiger charge is -2.11. The number of carbonyl (C=O) groups is 1. The highest BCUT2D eigenvalue weighted by molar-refractivity contribution is 7.07. The second-order valence-corrected chi connectivity index (χ2v) is 6.31. The number of thiophene rings is 1. The van der Waals surface area contributed by atoms with E-state index in [-0.39, 0.29) is 5.91 Å². The third-order valence-electron chi connectivity index (χ3n) is 3.90. The first kappa shape index (κ1) is 15.7. The number of amides is 1. The number of benzene rings is 2. The molecular weight excluding hydrogens is 306 g/mol. The van der Waals surface area contributed by atoms with E-state index < -0.39 is 6.10 Å². The Kier molecular flexibility index (Phi) is 5.05. The van der Waals surface area contributed by atoms with Gasteiger partial charge in [-0.25, -0.2) is 0 Å². The molecule has 3 aromatic rings. The first-order valence-electron chi connectivity index (χ1n) is 7.67. The van der Waals surface area contributed by atoms with Crippen molar-refractivity contribution in [2.75, 3.05) is 6.54 Å². The van der Waals surface area contributed by atoms with Gasteiger partial charge in [0, 0.05) is 6.54 Å². The molecule has 1 amide bonds. The SMILES string of the molecule is O=C(Cc1cccc2ccccc12)NCCC(O)c1ccsc1. The van der Waals surface area contributed by atoms with Gasteiger partial charge in [0.15, 0.2) is 0 Å².